The molecule has 0 bridgehead atoms. The molecule has 3 nitrogen and oxygen atoms in total. The van der Waals surface area contributed by atoms with Crippen LogP contribution in [0.25, 0.3) is 10.2 Å². The number of carbonyl (C=O) groups is 2. The van der Waals surface area contributed by atoms with Crippen molar-refractivity contribution in [2.24, 2.45) is 5.41 Å². The second-order valence-electron chi connectivity index (χ2n) is 6.75. The number of allylic oxidation sites excluding steroid dienone is 2. The molecule has 1 heterocycles. The number of thiazole rings is 1. The molecule has 1 aromatic heterocycles. The predicted molar refractivity (Wildman–Crippen MR) is 107 cm³/mol. The van der Waals surface area contributed by atoms with E-state index in [-0.39, 0.29) is 11.6 Å². The van der Waals surface area contributed by atoms with Gasteiger partial charge in [-0.05, 0) is 44.0 Å². The van der Waals surface area contributed by atoms with Gasteiger partial charge in [-0.15, -0.1) is 11.3 Å². The van der Waals surface area contributed by atoms with E-state index in [4.69, 9.17) is 0 Å². The maximum absolute atomic E-state index is 13.0. The van der Waals surface area contributed by atoms with Gasteiger partial charge in [0.1, 0.15) is 0 Å². The number of hydrogen-bond donors (Lipinski definition) is 0. The largest absolute Gasteiger partial charge is 0.294 e. The van der Waals surface area contributed by atoms with E-state index >= 15 is 0 Å². The highest BCUT2D eigenvalue weighted by Gasteiger charge is 2.46. The van der Waals surface area contributed by atoms with Gasteiger partial charge in [0, 0.05) is 0 Å². The van der Waals surface area contributed by atoms with Crippen molar-refractivity contribution in [3.63, 3.8) is 0 Å². The zero-order valence-corrected chi connectivity index (χ0v) is 16.1. The number of ketones is 2. The summed E-state index contributed by atoms with van der Waals surface area (Å²) in [6, 6.07) is 15.9. The Kier molecular flexibility index (Phi) is 4.29. The minimum absolute atomic E-state index is 0.104. The summed E-state index contributed by atoms with van der Waals surface area (Å²) < 4.78 is 1.87. The zero-order valence-electron chi connectivity index (χ0n) is 14.5. The molecule has 1 aliphatic rings. The summed E-state index contributed by atoms with van der Waals surface area (Å²) in [5.41, 5.74) is 2.06. The minimum Gasteiger partial charge on any atom is -0.294 e. The monoisotopic (exact) mass is 379 g/mol. The number of thioether (sulfide) groups is 1. The quantitative estimate of drug-likeness (QED) is 0.600. The summed E-state index contributed by atoms with van der Waals surface area (Å²) in [4.78, 5) is 30.7. The number of aryl methyl sites for hydroxylation is 1. The SMILES string of the molecule is Cc1ccc(C[C@]2(C)C(=O)C=C(Sc3nc4ccccc4s3)C2=O)cc1. The van der Waals surface area contributed by atoms with Crippen LogP contribution >= 0.6 is 23.1 Å². The number of rotatable bonds is 4. The molecule has 0 amide bonds. The Bertz CT molecular complexity index is 1020. The van der Waals surface area contributed by atoms with Crippen LogP contribution < -0.4 is 0 Å². The summed E-state index contributed by atoms with van der Waals surface area (Å²) in [5.74, 6) is -0.223. The maximum Gasteiger partial charge on any atom is 0.183 e. The number of carbonyl (C=O) groups excluding carboxylic acids is 2. The Morgan fingerprint density at radius 2 is 1.81 bits per heavy atom. The molecule has 0 saturated carbocycles. The zero-order chi connectivity index (χ0) is 18.3. The van der Waals surface area contributed by atoms with Gasteiger partial charge in [-0.1, -0.05) is 53.7 Å². The van der Waals surface area contributed by atoms with Crippen LogP contribution in [-0.2, 0) is 16.0 Å². The van der Waals surface area contributed by atoms with E-state index in [0.29, 0.717) is 11.3 Å². The fourth-order valence-corrected chi connectivity index (χ4v) is 5.29. The molecule has 0 N–H and O–H groups in total. The van der Waals surface area contributed by atoms with Gasteiger partial charge in [0.2, 0.25) is 0 Å². The molecule has 1 atom stereocenters. The van der Waals surface area contributed by atoms with Crippen LogP contribution in [-0.4, -0.2) is 16.6 Å². The van der Waals surface area contributed by atoms with Crippen LogP contribution in [0.5, 0.6) is 0 Å². The summed E-state index contributed by atoms with van der Waals surface area (Å²) in [6.07, 6.45) is 1.92. The first kappa shape index (κ1) is 17.2. The lowest BCUT2D eigenvalue weighted by Gasteiger charge is -2.21. The number of hydrogen-bond acceptors (Lipinski definition) is 5. The highest BCUT2D eigenvalue weighted by Crippen LogP contribution is 2.43. The third-order valence-corrected chi connectivity index (χ3v) is 6.80. The molecule has 0 radical (unpaired) electrons. The van der Waals surface area contributed by atoms with E-state index in [1.165, 1.54) is 17.8 Å². The van der Waals surface area contributed by atoms with Gasteiger partial charge in [-0.2, -0.15) is 0 Å². The van der Waals surface area contributed by atoms with Gasteiger partial charge in [-0.25, -0.2) is 4.98 Å². The van der Waals surface area contributed by atoms with Crippen LogP contribution in [0.1, 0.15) is 18.1 Å². The first-order chi connectivity index (χ1) is 12.5. The second kappa shape index (κ2) is 6.49. The molecule has 1 aliphatic carbocycles. The number of nitrogens with zero attached hydrogens (tertiary/aromatic N) is 1. The summed E-state index contributed by atoms with van der Waals surface area (Å²) in [5, 5.41) is 0. The van der Waals surface area contributed by atoms with Gasteiger partial charge >= 0.3 is 0 Å². The van der Waals surface area contributed by atoms with Crippen molar-refractivity contribution in [2.45, 2.75) is 24.6 Å². The van der Waals surface area contributed by atoms with Crippen molar-refractivity contribution < 1.29 is 9.59 Å². The molecule has 0 aliphatic heterocycles. The lowest BCUT2D eigenvalue weighted by molar-refractivity contribution is -0.132. The molecule has 5 heteroatoms. The van der Waals surface area contributed by atoms with Crippen LogP contribution in [0.3, 0.4) is 0 Å². The molecule has 3 aromatic rings. The van der Waals surface area contributed by atoms with Gasteiger partial charge < -0.3 is 0 Å². The Morgan fingerprint density at radius 3 is 2.54 bits per heavy atom. The Morgan fingerprint density at radius 1 is 1.08 bits per heavy atom. The highest BCUT2D eigenvalue weighted by molar-refractivity contribution is 8.05. The second-order valence-corrected chi connectivity index (χ2v) is 9.07. The van der Waals surface area contributed by atoms with Gasteiger partial charge in [0.15, 0.2) is 15.9 Å². The third-order valence-electron chi connectivity index (χ3n) is 4.68. The molecular formula is C21H17NO2S2. The van der Waals surface area contributed by atoms with E-state index in [0.717, 1.165) is 25.7 Å². The first-order valence-corrected chi connectivity index (χ1v) is 9.99. The standard InChI is InChI=1S/C21H17NO2S2/c1-13-7-9-14(10-8-13)12-21(2)18(23)11-17(19(21)24)26-20-22-15-5-3-4-6-16(15)25-20/h3-11H,12H2,1-2H3/t21-/m1/s1. The van der Waals surface area contributed by atoms with Crippen molar-refractivity contribution in [3.8, 4) is 0 Å². The van der Waals surface area contributed by atoms with Crippen molar-refractivity contribution in [1.29, 1.82) is 0 Å². The molecule has 0 unspecified atom stereocenters. The average Bonchev–Trinajstić information content (AvgIpc) is 3.12. The molecule has 0 fully saturated rings. The molecule has 4 rings (SSSR count). The molecular weight excluding hydrogens is 362 g/mol. The van der Waals surface area contributed by atoms with Crippen LogP contribution in [0, 0.1) is 12.3 Å². The minimum atomic E-state index is -1.02. The van der Waals surface area contributed by atoms with Crippen molar-refractivity contribution in [1.82, 2.24) is 4.98 Å². The number of para-hydroxylation sites is 1. The highest BCUT2D eigenvalue weighted by atomic mass is 32.2. The maximum atomic E-state index is 13.0. The first-order valence-electron chi connectivity index (χ1n) is 8.36. The molecule has 0 spiro atoms. The molecule has 0 saturated heterocycles. The molecule has 26 heavy (non-hydrogen) atoms. The van der Waals surface area contributed by atoms with Gasteiger partial charge in [-0.3, -0.25) is 9.59 Å². The summed E-state index contributed by atoms with van der Waals surface area (Å²) >= 11 is 2.84. The third kappa shape index (κ3) is 3.02. The topological polar surface area (TPSA) is 47.0 Å². The van der Waals surface area contributed by atoms with E-state index in [2.05, 4.69) is 4.98 Å². The van der Waals surface area contributed by atoms with Crippen molar-refractivity contribution in [2.75, 3.05) is 0 Å². The van der Waals surface area contributed by atoms with E-state index in [1.54, 1.807) is 18.3 Å². The van der Waals surface area contributed by atoms with E-state index in [9.17, 15) is 9.59 Å². The Balaban J connectivity index is 1.57. The number of Topliss-reactive ketones (excluding diaryl/α,β-unsaturated/α-hetero) is 1. The predicted octanol–water partition coefficient (Wildman–Crippen LogP) is 4.98. The fourth-order valence-electron chi connectivity index (χ4n) is 3.07. The number of aromatic nitrogens is 1. The average molecular weight is 380 g/mol. The van der Waals surface area contributed by atoms with E-state index < -0.39 is 5.41 Å². The van der Waals surface area contributed by atoms with Gasteiger partial charge in [0.25, 0.3) is 0 Å². The summed E-state index contributed by atoms with van der Waals surface area (Å²) in [7, 11) is 0. The fraction of sp³-hybridized carbons (Fsp3) is 0.190. The Hall–Kier alpha value is -2.24. The van der Waals surface area contributed by atoms with Crippen LogP contribution in [0.15, 0.2) is 63.9 Å². The van der Waals surface area contributed by atoms with Crippen LogP contribution in [0.2, 0.25) is 0 Å². The normalized spacial score (nSPS) is 20.0. The van der Waals surface area contributed by atoms with Gasteiger partial charge in [0.05, 0.1) is 20.5 Å². The number of benzene rings is 2. The smallest absolute Gasteiger partial charge is 0.183 e. The Labute approximate surface area is 160 Å². The lowest BCUT2D eigenvalue weighted by atomic mass is 9.79. The molecule has 2 aromatic carbocycles. The lowest BCUT2D eigenvalue weighted by Crippen LogP contribution is -2.33. The van der Waals surface area contributed by atoms with Crippen molar-refractivity contribution >= 4 is 44.9 Å². The van der Waals surface area contributed by atoms with Crippen molar-refractivity contribution in [3.05, 3.63) is 70.6 Å². The number of fused-ring (bicyclic) bond motifs is 1. The summed E-state index contributed by atoms with van der Waals surface area (Å²) in [6.45, 7) is 3.77. The van der Waals surface area contributed by atoms with Crippen LogP contribution in [0.4, 0.5) is 0 Å². The van der Waals surface area contributed by atoms with E-state index in [1.807, 2.05) is 55.5 Å². The molecule has 130 valence electrons.